The molecule has 0 atom stereocenters. The van der Waals surface area contributed by atoms with Crippen LogP contribution in [0.4, 0.5) is 11.6 Å². The number of hydrogen-bond donors (Lipinski definition) is 2. The molecule has 0 bridgehead atoms. The first kappa shape index (κ1) is 14.5. The third kappa shape index (κ3) is 4.03. The van der Waals surface area contributed by atoms with Crippen LogP contribution in [0, 0.1) is 0 Å². The summed E-state index contributed by atoms with van der Waals surface area (Å²) in [7, 11) is 0. The number of hydrogen-bond acceptors (Lipinski definition) is 4. The molecule has 0 aliphatic carbocycles. The van der Waals surface area contributed by atoms with Crippen molar-refractivity contribution in [1.29, 1.82) is 0 Å². The number of nitrogens with zero attached hydrogens (tertiary/aromatic N) is 2. The normalized spacial score (nSPS) is 10.4. The van der Waals surface area contributed by atoms with E-state index in [0.717, 1.165) is 10.2 Å². The van der Waals surface area contributed by atoms with E-state index in [2.05, 4.69) is 36.5 Å². The number of carbonyl (C=O) groups excluding carboxylic acids is 1. The van der Waals surface area contributed by atoms with Crippen molar-refractivity contribution in [1.82, 2.24) is 9.97 Å². The molecule has 104 valence electrons. The Labute approximate surface area is 126 Å². The Kier molecular flexibility index (Phi) is 4.68. The Morgan fingerprint density at radius 3 is 2.30 bits per heavy atom. The smallest absolute Gasteiger partial charge is 0.258 e. The molecule has 1 amide bonds. The average Bonchev–Trinajstić information content (AvgIpc) is 2.41. The summed E-state index contributed by atoms with van der Waals surface area (Å²) in [6, 6.07) is 7.61. The molecule has 0 unspecified atom stereocenters. The molecule has 0 saturated carbocycles. The highest BCUT2D eigenvalue weighted by atomic mass is 79.9. The fourth-order valence-corrected chi connectivity index (χ4v) is 1.78. The van der Waals surface area contributed by atoms with Gasteiger partial charge >= 0.3 is 0 Å². The van der Waals surface area contributed by atoms with Crippen LogP contribution >= 0.6 is 15.9 Å². The maximum absolute atomic E-state index is 12.0. The van der Waals surface area contributed by atoms with E-state index in [0.29, 0.717) is 11.5 Å². The second-order valence-corrected chi connectivity index (χ2v) is 5.47. The summed E-state index contributed by atoms with van der Waals surface area (Å²) >= 11 is 3.34. The summed E-state index contributed by atoms with van der Waals surface area (Å²) in [6.45, 7) is 4.00. The predicted octanol–water partition coefficient (Wildman–Crippen LogP) is 3.31. The minimum Gasteiger partial charge on any atom is -0.352 e. The zero-order chi connectivity index (χ0) is 14.5. The predicted molar refractivity (Wildman–Crippen MR) is 82.9 cm³/mol. The second-order valence-electron chi connectivity index (χ2n) is 4.56. The van der Waals surface area contributed by atoms with E-state index in [4.69, 9.17) is 0 Å². The van der Waals surface area contributed by atoms with Crippen molar-refractivity contribution in [2.75, 3.05) is 10.6 Å². The highest BCUT2D eigenvalue weighted by molar-refractivity contribution is 9.10. The van der Waals surface area contributed by atoms with Gasteiger partial charge in [-0.2, -0.15) is 0 Å². The molecule has 1 aromatic carbocycles. The van der Waals surface area contributed by atoms with E-state index in [-0.39, 0.29) is 11.9 Å². The number of halogens is 1. The topological polar surface area (TPSA) is 66.9 Å². The number of carbonyl (C=O) groups is 1. The van der Waals surface area contributed by atoms with Gasteiger partial charge in [-0.15, -0.1) is 0 Å². The van der Waals surface area contributed by atoms with Crippen molar-refractivity contribution in [2.45, 2.75) is 19.9 Å². The molecule has 2 aromatic rings. The number of benzene rings is 1. The van der Waals surface area contributed by atoms with Crippen LogP contribution in [0.3, 0.4) is 0 Å². The van der Waals surface area contributed by atoms with Gasteiger partial charge in [-0.1, -0.05) is 15.9 Å². The number of amides is 1. The molecule has 1 heterocycles. The molecule has 2 rings (SSSR count). The van der Waals surface area contributed by atoms with Gasteiger partial charge in [0.25, 0.3) is 5.91 Å². The van der Waals surface area contributed by atoms with Gasteiger partial charge in [-0.05, 0) is 38.1 Å². The van der Waals surface area contributed by atoms with Gasteiger partial charge in [0.1, 0.15) is 0 Å². The Hall–Kier alpha value is -1.95. The Balaban J connectivity index is 2.03. The quantitative estimate of drug-likeness (QED) is 0.900. The van der Waals surface area contributed by atoms with Crippen molar-refractivity contribution in [3.63, 3.8) is 0 Å². The first-order valence-electron chi connectivity index (χ1n) is 6.20. The van der Waals surface area contributed by atoms with Crippen LogP contribution in [0.1, 0.15) is 24.2 Å². The molecule has 0 saturated heterocycles. The molecule has 0 fully saturated rings. The Morgan fingerprint density at radius 1 is 1.15 bits per heavy atom. The minimum atomic E-state index is -0.233. The minimum absolute atomic E-state index is 0.233. The SMILES string of the molecule is CC(C)Nc1ncc(C(=O)Nc2ccc(Br)cc2)cn1. The maximum Gasteiger partial charge on any atom is 0.258 e. The van der Waals surface area contributed by atoms with E-state index in [1.165, 1.54) is 12.4 Å². The number of anilines is 2. The third-order valence-corrected chi connectivity index (χ3v) is 2.96. The summed E-state index contributed by atoms with van der Waals surface area (Å²) < 4.78 is 0.961. The molecular weight excluding hydrogens is 320 g/mol. The van der Waals surface area contributed by atoms with Gasteiger partial charge < -0.3 is 10.6 Å². The lowest BCUT2D eigenvalue weighted by Crippen LogP contribution is -2.15. The summed E-state index contributed by atoms with van der Waals surface area (Å²) in [6.07, 6.45) is 3.01. The lowest BCUT2D eigenvalue weighted by molar-refractivity contribution is 0.102. The number of nitrogens with one attached hydrogen (secondary N) is 2. The van der Waals surface area contributed by atoms with Gasteiger partial charge in [-0.25, -0.2) is 9.97 Å². The average molecular weight is 335 g/mol. The molecule has 6 heteroatoms. The van der Waals surface area contributed by atoms with Crippen LogP contribution in [-0.2, 0) is 0 Å². The molecule has 20 heavy (non-hydrogen) atoms. The Bertz CT molecular complexity index is 581. The van der Waals surface area contributed by atoms with Crippen LogP contribution in [0.15, 0.2) is 41.1 Å². The standard InChI is InChI=1S/C14H15BrN4O/c1-9(2)18-14-16-7-10(8-17-14)13(20)19-12-5-3-11(15)4-6-12/h3-9H,1-2H3,(H,19,20)(H,16,17,18). The lowest BCUT2D eigenvalue weighted by atomic mass is 10.3. The van der Waals surface area contributed by atoms with E-state index >= 15 is 0 Å². The second kappa shape index (κ2) is 6.47. The summed E-state index contributed by atoms with van der Waals surface area (Å²) in [5.41, 5.74) is 1.14. The largest absolute Gasteiger partial charge is 0.352 e. The zero-order valence-corrected chi connectivity index (χ0v) is 12.8. The van der Waals surface area contributed by atoms with Gasteiger partial charge in [0.05, 0.1) is 5.56 Å². The van der Waals surface area contributed by atoms with E-state index in [1.807, 2.05) is 38.1 Å². The van der Waals surface area contributed by atoms with Gasteiger partial charge in [0.15, 0.2) is 0 Å². The van der Waals surface area contributed by atoms with Gasteiger partial charge in [0.2, 0.25) is 5.95 Å². The summed E-state index contributed by atoms with van der Waals surface area (Å²) in [5, 5.41) is 5.85. The fraction of sp³-hybridized carbons (Fsp3) is 0.214. The molecule has 0 aliphatic rings. The van der Waals surface area contributed by atoms with E-state index < -0.39 is 0 Å². The van der Waals surface area contributed by atoms with E-state index in [9.17, 15) is 4.79 Å². The lowest BCUT2D eigenvalue weighted by Gasteiger charge is -2.08. The number of rotatable bonds is 4. The van der Waals surface area contributed by atoms with Crippen molar-refractivity contribution >= 4 is 33.5 Å². The van der Waals surface area contributed by atoms with Gasteiger partial charge in [0, 0.05) is 28.6 Å². The third-order valence-electron chi connectivity index (χ3n) is 2.43. The molecule has 0 radical (unpaired) electrons. The highest BCUT2D eigenvalue weighted by Gasteiger charge is 2.08. The van der Waals surface area contributed by atoms with Crippen molar-refractivity contribution < 1.29 is 4.79 Å². The van der Waals surface area contributed by atoms with E-state index in [1.54, 1.807) is 0 Å². The molecule has 0 aliphatic heterocycles. The van der Waals surface area contributed by atoms with Crippen LogP contribution in [0.25, 0.3) is 0 Å². The monoisotopic (exact) mass is 334 g/mol. The van der Waals surface area contributed by atoms with Crippen molar-refractivity contribution in [3.8, 4) is 0 Å². The molecular formula is C14H15BrN4O. The molecule has 0 spiro atoms. The van der Waals surface area contributed by atoms with Crippen LogP contribution in [0.5, 0.6) is 0 Å². The molecule has 2 N–H and O–H groups in total. The zero-order valence-electron chi connectivity index (χ0n) is 11.2. The molecule has 5 nitrogen and oxygen atoms in total. The summed E-state index contributed by atoms with van der Waals surface area (Å²) in [5.74, 6) is 0.281. The number of aromatic nitrogens is 2. The Morgan fingerprint density at radius 2 is 1.75 bits per heavy atom. The highest BCUT2D eigenvalue weighted by Crippen LogP contribution is 2.15. The first-order valence-corrected chi connectivity index (χ1v) is 6.99. The van der Waals surface area contributed by atoms with Crippen LogP contribution in [0.2, 0.25) is 0 Å². The van der Waals surface area contributed by atoms with Crippen molar-refractivity contribution in [3.05, 3.63) is 46.7 Å². The fourth-order valence-electron chi connectivity index (χ4n) is 1.51. The molecule has 1 aromatic heterocycles. The van der Waals surface area contributed by atoms with Crippen LogP contribution < -0.4 is 10.6 Å². The maximum atomic E-state index is 12.0. The summed E-state index contributed by atoms with van der Waals surface area (Å²) in [4.78, 5) is 20.2. The van der Waals surface area contributed by atoms with Gasteiger partial charge in [-0.3, -0.25) is 4.79 Å². The van der Waals surface area contributed by atoms with Crippen LogP contribution in [-0.4, -0.2) is 21.9 Å². The van der Waals surface area contributed by atoms with Crippen molar-refractivity contribution in [2.24, 2.45) is 0 Å². The first-order chi connectivity index (χ1) is 9.54.